The normalized spacial score (nSPS) is 15.2. The summed E-state index contributed by atoms with van der Waals surface area (Å²) in [7, 11) is 2.07. The number of hydrogen-bond acceptors (Lipinski definition) is 6. The summed E-state index contributed by atoms with van der Waals surface area (Å²) in [4.78, 5) is 23.5. The number of carbonyl (C=O) groups excluding carboxylic acids is 1. The molecule has 0 bridgehead atoms. The number of benzene rings is 1. The summed E-state index contributed by atoms with van der Waals surface area (Å²) in [6, 6.07) is 7.43. The highest BCUT2D eigenvalue weighted by atomic mass is 16.5. The maximum atomic E-state index is 12.5. The molecule has 28 heavy (non-hydrogen) atoms. The fraction of sp³-hybridized carbons (Fsp3) is 0.429. The molecule has 0 radical (unpaired) electrons. The lowest BCUT2D eigenvalue weighted by molar-refractivity contribution is -0.121. The predicted octanol–water partition coefficient (Wildman–Crippen LogP) is 3.08. The van der Waals surface area contributed by atoms with Gasteiger partial charge in [0, 0.05) is 11.5 Å². The van der Waals surface area contributed by atoms with E-state index < -0.39 is 0 Å². The third-order valence-corrected chi connectivity index (χ3v) is 4.74. The maximum absolute atomic E-state index is 12.5. The molecule has 146 valence electrons. The minimum atomic E-state index is -0.0476. The van der Waals surface area contributed by atoms with Crippen molar-refractivity contribution in [2.45, 2.75) is 32.8 Å². The molecule has 1 N–H and O–H groups in total. The van der Waals surface area contributed by atoms with Crippen LogP contribution in [0.25, 0.3) is 11.3 Å². The van der Waals surface area contributed by atoms with E-state index in [9.17, 15) is 10.1 Å². The van der Waals surface area contributed by atoms with Gasteiger partial charge >= 0.3 is 0 Å². The van der Waals surface area contributed by atoms with Crippen molar-refractivity contribution in [3.05, 3.63) is 36.2 Å². The highest BCUT2D eigenvalue weighted by Crippen LogP contribution is 2.27. The summed E-state index contributed by atoms with van der Waals surface area (Å²) in [5, 5.41) is 12.2. The summed E-state index contributed by atoms with van der Waals surface area (Å²) >= 11 is 0. The largest absolute Gasteiger partial charge is 0.490 e. The zero-order chi connectivity index (χ0) is 20.1. The van der Waals surface area contributed by atoms with E-state index >= 15 is 0 Å². The number of nitriles is 1. The second kappa shape index (κ2) is 8.81. The Hall–Kier alpha value is -2.98. The number of hydrogen-bond donors (Lipinski definition) is 1. The van der Waals surface area contributed by atoms with E-state index in [1.54, 1.807) is 30.6 Å². The predicted molar refractivity (Wildman–Crippen MR) is 107 cm³/mol. The van der Waals surface area contributed by atoms with Crippen LogP contribution >= 0.6 is 0 Å². The minimum absolute atomic E-state index is 0.00242. The quantitative estimate of drug-likeness (QED) is 0.858. The zero-order valence-electron chi connectivity index (χ0n) is 16.5. The lowest BCUT2D eigenvalue weighted by Crippen LogP contribution is -2.36. The van der Waals surface area contributed by atoms with Crippen molar-refractivity contribution in [1.82, 2.24) is 14.9 Å². The fourth-order valence-electron chi connectivity index (χ4n) is 3.19. The van der Waals surface area contributed by atoms with Gasteiger partial charge in [-0.15, -0.1) is 0 Å². The number of amides is 1. The van der Waals surface area contributed by atoms with Crippen LogP contribution in [0.1, 0.15) is 32.3 Å². The number of piperidine rings is 1. The van der Waals surface area contributed by atoms with Crippen LogP contribution in [0.15, 0.2) is 30.6 Å². The van der Waals surface area contributed by atoms with Gasteiger partial charge in [0.1, 0.15) is 11.8 Å². The molecule has 7 heteroatoms. The smallest absolute Gasteiger partial charge is 0.228 e. The summed E-state index contributed by atoms with van der Waals surface area (Å²) in [5.74, 6) is 0.931. The lowest BCUT2D eigenvalue weighted by Gasteiger charge is -2.27. The van der Waals surface area contributed by atoms with E-state index in [0.717, 1.165) is 31.5 Å². The Bertz CT molecular complexity index is 883. The highest BCUT2D eigenvalue weighted by molar-refractivity contribution is 5.91. The number of aromatic nitrogens is 2. The Balaban J connectivity index is 1.78. The van der Waals surface area contributed by atoms with E-state index in [1.165, 1.54) is 0 Å². The monoisotopic (exact) mass is 379 g/mol. The molecule has 2 aromatic rings. The Morgan fingerprint density at radius 2 is 2.07 bits per heavy atom. The average Bonchev–Trinajstić information content (AvgIpc) is 2.68. The van der Waals surface area contributed by atoms with Gasteiger partial charge in [-0.2, -0.15) is 5.26 Å². The molecule has 1 aliphatic rings. The van der Waals surface area contributed by atoms with E-state index in [-0.39, 0.29) is 17.9 Å². The second-order valence-electron chi connectivity index (χ2n) is 7.35. The molecule has 0 spiro atoms. The Morgan fingerprint density at radius 3 is 2.75 bits per heavy atom. The molecule has 1 fully saturated rings. The van der Waals surface area contributed by atoms with E-state index in [1.807, 2.05) is 13.8 Å². The summed E-state index contributed by atoms with van der Waals surface area (Å²) in [6.45, 7) is 5.67. The van der Waals surface area contributed by atoms with Gasteiger partial charge in [-0.1, -0.05) is 6.07 Å². The van der Waals surface area contributed by atoms with Gasteiger partial charge in [-0.05, 0) is 59.0 Å². The number of likely N-dealkylation sites (tertiary alicyclic amines) is 1. The van der Waals surface area contributed by atoms with Crippen molar-refractivity contribution >= 4 is 11.7 Å². The molecule has 0 atom stereocenters. The molecule has 1 aromatic heterocycles. The van der Waals surface area contributed by atoms with Crippen LogP contribution in [0, 0.1) is 17.2 Å². The Morgan fingerprint density at radius 1 is 1.32 bits per heavy atom. The lowest BCUT2D eigenvalue weighted by atomic mass is 9.96. The van der Waals surface area contributed by atoms with Crippen LogP contribution in [0.3, 0.4) is 0 Å². The van der Waals surface area contributed by atoms with Crippen LogP contribution < -0.4 is 10.1 Å². The molecule has 0 aliphatic carbocycles. The number of carbonyl (C=O) groups is 1. The highest BCUT2D eigenvalue weighted by Gasteiger charge is 2.23. The Kier molecular flexibility index (Phi) is 6.22. The van der Waals surface area contributed by atoms with Crippen molar-refractivity contribution in [3.63, 3.8) is 0 Å². The summed E-state index contributed by atoms with van der Waals surface area (Å²) in [6.07, 6.45) is 4.83. The van der Waals surface area contributed by atoms with Crippen molar-refractivity contribution in [2.75, 3.05) is 25.5 Å². The van der Waals surface area contributed by atoms with Crippen molar-refractivity contribution in [2.24, 2.45) is 5.92 Å². The molecule has 1 aliphatic heterocycles. The molecule has 3 rings (SSSR count). The van der Waals surface area contributed by atoms with Crippen LogP contribution in [0.5, 0.6) is 5.75 Å². The first-order chi connectivity index (χ1) is 13.5. The van der Waals surface area contributed by atoms with Gasteiger partial charge in [0.05, 0.1) is 29.8 Å². The van der Waals surface area contributed by atoms with Crippen molar-refractivity contribution < 1.29 is 9.53 Å². The van der Waals surface area contributed by atoms with Gasteiger partial charge in [0.2, 0.25) is 5.91 Å². The van der Waals surface area contributed by atoms with Gasteiger partial charge < -0.3 is 15.0 Å². The maximum Gasteiger partial charge on any atom is 0.228 e. The van der Waals surface area contributed by atoms with Crippen LogP contribution in [-0.4, -0.2) is 47.0 Å². The number of nitrogens with one attached hydrogen (secondary N) is 1. The fourth-order valence-corrected chi connectivity index (χ4v) is 3.19. The van der Waals surface area contributed by atoms with Gasteiger partial charge in [0.15, 0.2) is 5.82 Å². The molecule has 0 saturated carbocycles. The van der Waals surface area contributed by atoms with E-state index in [4.69, 9.17) is 4.74 Å². The van der Waals surface area contributed by atoms with Crippen LogP contribution in [-0.2, 0) is 4.79 Å². The Labute approximate surface area is 165 Å². The molecule has 1 amide bonds. The van der Waals surface area contributed by atoms with Gasteiger partial charge in [-0.25, -0.2) is 4.98 Å². The molecule has 1 saturated heterocycles. The van der Waals surface area contributed by atoms with Crippen molar-refractivity contribution in [1.29, 1.82) is 5.26 Å². The summed E-state index contributed by atoms with van der Waals surface area (Å²) < 4.78 is 5.74. The SMILES string of the molecule is CC(C)Oc1cc(-c2cncc(NC(=O)C3CCN(C)CC3)n2)ccc1C#N. The molecule has 2 heterocycles. The molecular weight excluding hydrogens is 354 g/mol. The minimum Gasteiger partial charge on any atom is -0.490 e. The average molecular weight is 379 g/mol. The number of rotatable bonds is 5. The first-order valence-corrected chi connectivity index (χ1v) is 9.49. The summed E-state index contributed by atoms with van der Waals surface area (Å²) in [5.41, 5.74) is 1.86. The standard InChI is InChI=1S/C21H25N5O2/c1-14(2)28-19-10-16(4-5-17(19)11-22)18-12-23-13-20(24-18)25-21(27)15-6-8-26(3)9-7-15/h4-5,10,12-15H,6-9H2,1-3H3,(H,24,25,27). The van der Waals surface area contributed by atoms with Gasteiger partial charge in [-0.3, -0.25) is 9.78 Å². The third-order valence-electron chi connectivity index (χ3n) is 4.74. The molecule has 7 nitrogen and oxygen atoms in total. The second-order valence-corrected chi connectivity index (χ2v) is 7.35. The number of nitrogens with zero attached hydrogens (tertiary/aromatic N) is 4. The first kappa shape index (κ1) is 19.8. The number of anilines is 1. The van der Waals surface area contributed by atoms with E-state index in [0.29, 0.717) is 22.8 Å². The molecule has 0 unspecified atom stereocenters. The van der Waals surface area contributed by atoms with E-state index in [2.05, 4.69) is 33.3 Å². The topological polar surface area (TPSA) is 91.1 Å². The van der Waals surface area contributed by atoms with Gasteiger partial charge in [0.25, 0.3) is 0 Å². The third kappa shape index (κ3) is 4.84. The number of ether oxygens (including phenoxy) is 1. The van der Waals surface area contributed by atoms with Crippen LogP contribution in [0.4, 0.5) is 5.82 Å². The first-order valence-electron chi connectivity index (χ1n) is 9.49. The van der Waals surface area contributed by atoms with Crippen molar-refractivity contribution in [3.8, 4) is 23.1 Å². The molecule has 1 aromatic carbocycles. The van der Waals surface area contributed by atoms with Crippen LogP contribution in [0.2, 0.25) is 0 Å². The molecular formula is C21H25N5O2. The zero-order valence-corrected chi connectivity index (χ0v) is 16.5.